The summed E-state index contributed by atoms with van der Waals surface area (Å²) in [6.45, 7) is 0. The molecule has 1 saturated carbocycles. The van der Waals surface area contributed by atoms with Gasteiger partial charge < -0.3 is 5.32 Å². The van der Waals surface area contributed by atoms with Gasteiger partial charge in [-0.05, 0) is 18.9 Å². The molecule has 1 N–H and O–H groups in total. The van der Waals surface area contributed by atoms with E-state index < -0.39 is 28.9 Å². The van der Waals surface area contributed by atoms with Crippen molar-refractivity contribution in [2.24, 2.45) is 7.05 Å². The lowest BCUT2D eigenvalue weighted by molar-refractivity contribution is -0.141. The minimum atomic E-state index is -4.74. The summed E-state index contributed by atoms with van der Waals surface area (Å²) < 4.78 is 39.9. The molecule has 0 aliphatic heterocycles. The fraction of sp³-hybridized carbons (Fsp3) is 0.533. The Balaban J connectivity index is 2.30. The van der Waals surface area contributed by atoms with E-state index in [1.165, 1.54) is 7.05 Å². The van der Waals surface area contributed by atoms with Gasteiger partial charge in [0.25, 0.3) is 5.91 Å². The van der Waals surface area contributed by atoms with E-state index in [4.69, 9.17) is 16.9 Å². The van der Waals surface area contributed by atoms with E-state index in [-0.39, 0.29) is 11.2 Å². The van der Waals surface area contributed by atoms with Gasteiger partial charge in [0.2, 0.25) is 0 Å². The first-order chi connectivity index (χ1) is 11.2. The highest BCUT2D eigenvalue weighted by atomic mass is 35.5. The Hall–Kier alpha value is -2.01. The number of aryl methyl sites for hydroxylation is 1. The molecule has 2 rings (SSSR count). The lowest BCUT2D eigenvalue weighted by Crippen LogP contribution is -2.36. The predicted octanol–water partition coefficient (Wildman–Crippen LogP) is 3.45. The van der Waals surface area contributed by atoms with Crippen molar-refractivity contribution in [3.63, 3.8) is 0 Å². The first-order valence-corrected chi connectivity index (χ1v) is 7.84. The molecule has 130 valence electrons. The molecule has 1 aliphatic rings. The van der Waals surface area contributed by atoms with E-state index >= 15 is 0 Å². The Bertz CT molecular complexity index is 697. The summed E-state index contributed by atoms with van der Waals surface area (Å²) >= 11 is 5.83. The summed E-state index contributed by atoms with van der Waals surface area (Å²) in [5.74, 6) is -0.697. The van der Waals surface area contributed by atoms with Crippen LogP contribution in [0, 0.1) is 11.3 Å². The summed E-state index contributed by atoms with van der Waals surface area (Å²) in [5, 5.41) is 14.9. The molecule has 1 aromatic heterocycles. The number of halogens is 4. The summed E-state index contributed by atoms with van der Waals surface area (Å²) in [4.78, 5) is 12.2. The molecule has 0 bridgehead atoms. The molecule has 0 atom stereocenters. The van der Waals surface area contributed by atoms with Crippen molar-refractivity contribution >= 4 is 23.6 Å². The molecule has 1 fully saturated rings. The van der Waals surface area contributed by atoms with Gasteiger partial charge in [0.05, 0.1) is 0 Å². The van der Waals surface area contributed by atoms with Gasteiger partial charge in [-0.3, -0.25) is 9.48 Å². The number of nitrogens with one attached hydrogen (secondary N) is 1. The zero-order valence-electron chi connectivity index (χ0n) is 13.0. The number of carbonyl (C=O) groups is 1. The molecule has 0 saturated heterocycles. The number of carbonyl (C=O) groups excluding carboxylic acids is 1. The number of hydrogen-bond acceptors (Lipinski definition) is 3. The minimum absolute atomic E-state index is 0.0607. The Kier molecular flexibility index (Phi) is 5.54. The van der Waals surface area contributed by atoms with Crippen LogP contribution in [0.15, 0.2) is 5.57 Å². The highest BCUT2D eigenvalue weighted by Crippen LogP contribution is 2.35. The minimum Gasteiger partial charge on any atom is -0.349 e. The van der Waals surface area contributed by atoms with Crippen molar-refractivity contribution in [2.45, 2.75) is 44.3 Å². The monoisotopic (exact) mass is 360 g/mol. The average molecular weight is 361 g/mol. The first kappa shape index (κ1) is 18.3. The van der Waals surface area contributed by atoms with Gasteiger partial charge in [0.1, 0.15) is 16.8 Å². The van der Waals surface area contributed by atoms with Crippen molar-refractivity contribution in [3.8, 4) is 6.07 Å². The number of hydrogen-bond donors (Lipinski definition) is 1. The van der Waals surface area contributed by atoms with Gasteiger partial charge in [-0.15, -0.1) is 0 Å². The van der Waals surface area contributed by atoms with Gasteiger partial charge in [-0.25, -0.2) is 0 Å². The molecular weight excluding hydrogens is 345 g/mol. The molecule has 5 nitrogen and oxygen atoms in total. The van der Waals surface area contributed by atoms with Crippen LogP contribution in [-0.4, -0.2) is 21.7 Å². The van der Waals surface area contributed by atoms with Crippen LogP contribution in [0.25, 0.3) is 6.08 Å². The van der Waals surface area contributed by atoms with Crippen LogP contribution in [0.1, 0.15) is 43.4 Å². The highest BCUT2D eigenvalue weighted by Gasteiger charge is 2.38. The van der Waals surface area contributed by atoms with Crippen LogP contribution in [0.3, 0.4) is 0 Å². The summed E-state index contributed by atoms with van der Waals surface area (Å²) in [5.41, 5.74) is -2.14. The fourth-order valence-corrected chi connectivity index (χ4v) is 2.84. The molecule has 0 aromatic carbocycles. The second-order valence-corrected chi connectivity index (χ2v) is 6.01. The Labute approximate surface area is 142 Å². The molecule has 0 unspecified atom stereocenters. The second kappa shape index (κ2) is 7.26. The number of nitriles is 1. The average Bonchev–Trinajstić information content (AvgIpc) is 2.81. The molecule has 1 aromatic rings. The number of nitrogens with zero attached hydrogens (tertiary/aromatic N) is 3. The number of rotatable bonds is 3. The molecule has 1 heterocycles. The Morgan fingerprint density at radius 3 is 2.58 bits per heavy atom. The molecule has 0 radical (unpaired) electrons. The van der Waals surface area contributed by atoms with Crippen LogP contribution in [-0.2, 0) is 18.0 Å². The van der Waals surface area contributed by atoms with Crippen molar-refractivity contribution < 1.29 is 18.0 Å². The second-order valence-electron chi connectivity index (χ2n) is 5.65. The maximum absolute atomic E-state index is 13.0. The molecule has 24 heavy (non-hydrogen) atoms. The van der Waals surface area contributed by atoms with Gasteiger partial charge in [0.15, 0.2) is 5.69 Å². The lowest BCUT2D eigenvalue weighted by Gasteiger charge is -2.22. The Morgan fingerprint density at radius 1 is 1.42 bits per heavy atom. The summed E-state index contributed by atoms with van der Waals surface area (Å²) in [6, 6.07) is 1.58. The van der Waals surface area contributed by atoms with E-state index in [2.05, 4.69) is 10.4 Å². The molecule has 0 spiro atoms. The third-order valence-electron chi connectivity index (χ3n) is 3.87. The maximum Gasteiger partial charge on any atom is 0.435 e. The third-order valence-corrected chi connectivity index (χ3v) is 4.32. The molecule has 9 heteroatoms. The number of amides is 1. The van der Waals surface area contributed by atoms with Crippen LogP contribution in [0.4, 0.5) is 13.2 Å². The summed E-state index contributed by atoms with van der Waals surface area (Å²) in [7, 11) is 1.25. The molecule has 1 aliphatic carbocycles. The van der Waals surface area contributed by atoms with E-state index in [1.54, 1.807) is 6.07 Å². The van der Waals surface area contributed by atoms with Gasteiger partial charge >= 0.3 is 6.18 Å². The molecular formula is C15H16ClF3N4O. The smallest absolute Gasteiger partial charge is 0.349 e. The van der Waals surface area contributed by atoms with Crippen LogP contribution < -0.4 is 5.32 Å². The highest BCUT2D eigenvalue weighted by molar-refractivity contribution is 6.31. The van der Waals surface area contributed by atoms with Gasteiger partial charge in [-0.2, -0.15) is 23.5 Å². The largest absolute Gasteiger partial charge is 0.435 e. The van der Waals surface area contributed by atoms with Gasteiger partial charge in [0, 0.05) is 18.7 Å². The standard InChI is InChI=1S/C15H16ClF3N4O/c1-23-13(16)11(12(22-23)15(17,18)19)7-9(8-20)14(24)21-10-5-3-2-4-6-10/h7,10H,2-6H2,1H3,(H,21,24)/b9-7-. The van der Waals surface area contributed by atoms with Gasteiger partial charge in [-0.1, -0.05) is 30.9 Å². The van der Waals surface area contributed by atoms with Crippen molar-refractivity contribution in [3.05, 3.63) is 22.0 Å². The predicted molar refractivity (Wildman–Crippen MR) is 81.8 cm³/mol. The van der Waals surface area contributed by atoms with E-state index in [1.807, 2.05) is 0 Å². The summed E-state index contributed by atoms with van der Waals surface area (Å²) in [6.07, 6.45) is 0.741. The topological polar surface area (TPSA) is 70.7 Å². The third kappa shape index (κ3) is 4.09. The zero-order chi connectivity index (χ0) is 17.9. The number of alkyl halides is 3. The van der Waals surface area contributed by atoms with Crippen LogP contribution >= 0.6 is 11.6 Å². The fourth-order valence-electron chi connectivity index (χ4n) is 2.66. The van der Waals surface area contributed by atoms with E-state index in [0.717, 1.165) is 42.9 Å². The maximum atomic E-state index is 13.0. The van der Waals surface area contributed by atoms with Crippen molar-refractivity contribution in [2.75, 3.05) is 0 Å². The first-order valence-electron chi connectivity index (χ1n) is 7.46. The molecule has 1 amide bonds. The zero-order valence-corrected chi connectivity index (χ0v) is 13.7. The van der Waals surface area contributed by atoms with Crippen molar-refractivity contribution in [1.29, 1.82) is 5.26 Å². The SMILES string of the molecule is Cn1nc(C(F)(F)F)c(/C=C(/C#N)C(=O)NC2CCCCC2)c1Cl. The van der Waals surface area contributed by atoms with Crippen LogP contribution in [0.2, 0.25) is 5.15 Å². The lowest BCUT2D eigenvalue weighted by atomic mass is 9.95. The Morgan fingerprint density at radius 2 is 2.04 bits per heavy atom. The number of aromatic nitrogens is 2. The quantitative estimate of drug-likeness (QED) is 0.663. The van der Waals surface area contributed by atoms with Crippen molar-refractivity contribution in [1.82, 2.24) is 15.1 Å². The normalized spacial score (nSPS) is 16.8. The van der Waals surface area contributed by atoms with E-state index in [0.29, 0.717) is 0 Å². The van der Waals surface area contributed by atoms with Crippen LogP contribution in [0.5, 0.6) is 0 Å². The van der Waals surface area contributed by atoms with E-state index in [9.17, 15) is 18.0 Å².